The maximum absolute atomic E-state index is 12.1. The number of sulfone groups is 1. The molecule has 5 nitrogen and oxygen atoms in total. The van der Waals surface area contributed by atoms with Crippen LogP contribution < -0.4 is 4.74 Å². The zero-order valence-corrected chi connectivity index (χ0v) is 16.7. The molecule has 2 aromatic carbocycles. The fourth-order valence-electron chi connectivity index (χ4n) is 3.58. The average Bonchev–Trinajstić information content (AvgIpc) is 3.13. The monoisotopic (exact) mass is 402 g/mol. The highest BCUT2D eigenvalue weighted by atomic mass is 32.2. The van der Waals surface area contributed by atoms with E-state index in [4.69, 9.17) is 9.73 Å². The highest BCUT2D eigenvalue weighted by Gasteiger charge is 2.46. The summed E-state index contributed by atoms with van der Waals surface area (Å²) in [5.74, 6) is 1.96. The molecule has 0 bridgehead atoms. The van der Waals surface area contributed by atoms with Crippen molar-refractivity contribution in [1.29, 1.82) is 0 Å². The number of amidine groups is 1. The van der Waals surface area contributed by atoms with E-state index in [0.29, 0.717) is 6.54 Å². The molecule has 2 aromatic rings. The summed E-state index contributed by atoms with van der Waals surface area (Å²) >= 11 is 1.68. The van der Waals surface area contributed by atoms with Gasteiger partial charge in [-0.25, -0.2) is 8.42 Å². The number of hydrogen-bond donors (Lipinski definition) is 0. The second kappa shape index (κ2) is 7.56. The lowest BCUT2D eigenvalue weighted by Gasteiger charge is -2.26. The van der Waals surface area contributed by atoms with Crippen LogP contribution in [0.2, 0.25) is 0 Å². The van der Waals surface area contributed by atoms with Gasteiger partial charge in [0.05, 0.1) is 30.7 Å². The summed E-state index contributed by atoms with van der Waals surface area (Å²) < 4.78 is 29.5. The largest absolute Gasteiger partial charge is 0.497 e. The highest BCUT2D eigenvalue weighted by Crippen LogP contribution is 2.33. The summed E-state index contributed by atoms with van der Waals surface area (Å²) in [5, 5.41) is 0.937. The van der Waals surface area contributed by atoms with Gasteiger partial charge < -0.3 is 9.64 Å². The van der Waals surface area contributed by atoms with Crippen molar-refractivity contribution in [2.24, 2.45) is 4.99 Å². The van der Waals surface area contributed by atoms with Crippen LogP contribution in [0.5, 0.6) is 5.75 Å². The van der Waals surface area contributed by atoms with E-state index in [9.17, 15) is 8.42 Å². The second-order valence-electron chi connectivity index (χ2n) is 6.88. The summed E-state index contributed by atoms with van der Waals surface area (Å²) in [6.45, 7) is 0.633. The number of aliphatic imine (C=N–C) groups is 1. The van der Waals surface area contributed by atoms with Crippen LogP contribution in [0, 0.1) is 0 Å². The maximum Gasteiger partial charge on any atom is 0.160 e. The minimum absolute atomic E-state index is 0.0699. The molecule has 4 rings (SSSR count). The van der Waals surface area contributed by atoms with Crippen LogP contribution in [-0.4, -0.2) is 49.2 Å². The number of thioether (sulfide) groups is 1. The molecule has 2 aliphatic heterocycles. The Morgan fingerprint density at radius 2 is 1.89 bits per heavy atom. The maximum atomic E-state index is 12.1. The number of rotatable bonds is 5. The van der Waals surface area contributed by atoms with Gasteiger partial charge in [-0.15, -0.1) is 0 Å². The standard InChI is InChI=1S/C20H22N2O3S2/c1-25-17-9-5-8-16(10-17)11-22-19-14-27(23,24)13-18(19)21-20(22)26-12-15-6-3-2-4-7-15/h2-10,18-19H,11-14H2,1H3/t18-,19-/m1/s1. The number of methoxy groups -OCH3 is 1. The first-order chi connectivity index (χ1) is 13.0. The number of ether oxygens (including phenoxy) is 1. The number of fused-ring (bicyclic) bond motifs is 1. The molecule has 0 aliphatic carbocycles. The van der Waals surface area contributed by atoms with Crippen LogP contribution >= 0.6 is 11.8 Å². The zero-order valence-electron chi connectivity index (χ0n) is 15.1. The molecule has 0 radical (unpaired) electrons. The Hall–Kier alpha value is -1.99. The van der Waals surface area contributed by atoms with Crippen molar-refractivity contribution in [3.63, 3.8) is 0 Å². The van der Waals surface area contributed by atoms with Gasteiger partial charge in [0.2, 0.25) is 0 Å². The van der Waals surface area contributed by atoms with Crippen LogP contribution in [0.15, 0.2) is 59.6 Å². The van der Waals surface area contributed by atoms with Crippen molar-refractivity contribution in [3.05, 3.63) is 65.7 Å². The third kappa shape index (κ3) is 4.14. The van der Waals surface area contributed by atoms with E-state index in [-0.39, 0.29) is 23.6 Å². The van der Waals surface area contributed by atoms with Gasteiger partial charge in [-0.05, 0) is 23.3 Å². The number of nitrogens with zero attached hydrogens (tertiary/aromatic N) is 2. The molecule has 2 atom stereocenters. The SMILES string of the molecule is COc1cccc(CN2C(SCc3ccccc3)=N[C@@H]3CS(=O)(=O)C[C@H]32)c1. The Morgan fingerprint density at radius 3 is 2.67 bits per heavy atom. The van der Waals surface area contributed by atoms with Crippen LogP contribution in [0.4, 0.5) is 0 Å². The third-order valence-corrected chi connectivity index (χ3v) is 7.69. The normalized spacial score (nSPS) is 23.1. The van der Waals surface area contributed by atoms with Gasteiger partial charge in [0.1, 0.15) is 5.75 Å². The Balaban J connectivity index is 1.55. The molecule has 0 aromatic heterocycles. The van der Waals surface area contributed by atoms with Crippen LogP contribution in [0.25, 0.3) is 0 Å². The summed E-state index contributed by atoms with van der Waals surface area (Å²) in [4.78, 5) is 6.94. The Kier molecular flexibility index (Phi) is 5.14. The zero-order chi connectivity index (χ0) is 18.9. The molecule has 1 fully saturated rings. The molecular weight excluding hydrogens is 380 g/mol. The fourth-order valence-corrected chi connectivity index (χ4v) is 6.52. The van der Waals surface area contributed by atoms with Gasteiger partial charge in [-0.1, -0.05) is 54.2 Å². The predicted octanol–water partition coefficient (Wildman–Crippen LogP) is 2.97. The molecule has 142 valence electrons. The molecule has 7 heteroatoms. The molecule has 0 amide bonds. The Bertz CT molecular complexity index is 945. The summed E-state index contributed by atoms with van der Waals surface area (Å²) in [6.07, 6.45) is 0. The first-order valence-corrected chi connectivity index (χ1v) is 11.7. The lowest BCUT2D eigenvalue weighted by Crippen LogP contribution is -2.38. The molecule has 0 spiro atoms. The van der Waals surface area contributed by atoms with Crippen molar-refractivity contribution < 1.29 is 13.2 Å². The van der Waals surface area contributed by atoms with Gasteiger partial charge in [-0.3, -0.25) is 4.99 Å². The first kappa shape index (κ1) is 18.4. The smallest absolute Gasteiger partial charge is 0.160 e. The quantitative estimate of drug-likeness (QED) is 0.770. The predicted molar refractivity (Wildman–Crippen MR) is 110 cm³/mol. The molecular formula is C20H22N2O3S2. The van der Waals surface area contributed by atoms with Gasteiger partial charge in [0.25, 0.3) is 0 Å². The third-order valence-electron chi connectivity index (χ3n) is 4.91. The Labute approximate surface area is 164 Å². The number of hydrogen-bond acceptors (Lipinski definition) is 6. The van der Waals surface area contributed by atoms with Crippen molar-refractivity contribution in [2.75, 3.05) is 18.6 Å². The summed E-state index contributed by atoms with van der Waals surface area (Å²) in [6, 6.07) is 17.9. The molecule has 2 aliphatic rings. The lowest BCUT2D eigenvalue weighted by molar-refractivity contribution is 0.341. The molecule has 0 saturated carbocycles. The molecule has 27 heavy (non-hydrogen) atoms. The van der Waals surface area contributed by atoms with Crippen LogP contribution in [-0.2, 0) is 22.1 Å². The first-order valence-electron chi connectivity index (χ1n) is 8.88. The minimum Gasteiger partial charge on any atom is -0.497 e. The number of benzene rings is 2. The second-order valence-corrected chi connectivity index (χ2v) is 9.97. The molecule has 2 heterocycles. The van der Waals surface area contributed by atoms with Crippen molar-refractivity contribution in [3.8, 4) is 5.75 Å². The molecule has 0 unspecified atom stereocenters. The van der Waals surface area contributed by atoms with E-state index in [1.807, 2.05) is 42.5 Å². The minimum atomic E-state index is -3.02. The van der Waals surface area contributed by atoms with E-state index >= 15 is 0 Å². The van der Waals surface area contributed by atoms with E-state index in [1.165, 1.54) is 5.56 Å². The fraction of sp³-hybridized carbons (Fsp3) is 0.350. The summed E-state index contributed by atoms with van der Waals surface area (Å²) in [7, 11) is -1.37. The van der Waals surface area contributed by atoms with Crippen LogP contribution in [0.1, 0.15) is 11.1 Å². The lowest BCUT2D eigenvalue weighted by atomic mass is 10.1. The van der Waals surface area contributed by atoms with Crippen molar-refractivity contribution in [1.82, 2.24) is 4.90 Å². The van der Waals surface area contributed by atoms with Crippen LogP contribution in [0.3, 0.4) is 0 Å². The molecule has 0 N–H and O–H groups in total. The van der Waals surface area contributed by atoms with Crippen molar-refractivity contribution in [2.45, 2.75) is 24.4 Å². The van der Waals surface area contributed by atoms with E-state index in [2.05, 4.69) is 17.0 Å². The molecule has 1 saturated heterocycles. The van der Waals surface area contributed by atoms with E-state index < -0.39 is 9.84 Å². The van der Waals surface area contributed by atoms with Gasteiger partial charge >= 0.3 is 0 Å². The average molecular weight is 403 g/mol. The summed E-state index contributed by atoms with van der Waals surface area (Å²) in [5.41, 5.74) is 2.32. The van der Waals surface area contributed by atoms with E-state index in [1.54, 1.807) is 18.9 Å². The van der Waals surface area contributed by atoms with Gasteiger partial charge in [0.15, 0.2) is 15.0 Å². The topological polar surface area (TPSA) is 59.0 Å². The van der Waals surface area contributed by atoms with Gasteiger partial charge in [0, 0.05) is 12.3 Å². The Morgan fingerprint density at radius 1 is 1.11 bits per heavy atom. The van der Waals surface area contributed by atoms with Gasteiger partial charge in [-0.2, -0.15) is 0 Å². The van der Waals surface area contributed by atoms with E-state index in [0.717, 1.165) is 22.2 Å². The highest BCUT2D eigenvalue weighted by molar-refractivity contribution is 8.13. The van der Waals surface area contributed by atoms with Crippen molar-refractivity contribution >= 4 is 26.8 Å².